The van der Waals surface area contributed by atoms with E-state index in [1.165, 1.54) is 7.05 Å². The minimum atomic E-state index is 0.815. The second-order valence-corrected chi connectivity index (χ2v) is 3.24. The van der Waals surface area contributed by atoms with Crippen LogP contribution in [0.3, 0.4) is 0 Å². The zero-order valence-electron chi connectivity index (χ0n) is 11.4. The molecular formula is C13H25N3O. The van der Waals surface area contributed by atoms with Crippen LogP contribution in [0.2, 0.25) is 0 Å². The Hall–Kier alpha value is -1.13. The van der Waals surface area contributed by atoms with E-state index in [0.29, 0.717) is 0 Å². The summed E-state index contributed by atoms with van der Waals surface area (Å²) in [5, 5.41) is 0. The van der Waals surface area contributed by atoms with E-state index in [1.807, 2.05) is 32.9 Å². The third kappa shape index (κ3) is 5.65. The Balaban J connectivity index is 0.000000581. The molecule has 0 aromatic carbocycles. The van der Waals surface area contributed by atoms with Gasteiger partial charge in [0.1, 0.15) is 5.82 Å². The van der Waals surface area contributed by atoms with Crippen LogP contribution < -0.4 is 10.6 Å². The van der Waals surface area contributed by atoms with Crippen molar-refractivity contribution in [3.05, 3.63) is 23.9 Å². The van der Waals surface area contributed by atoms with Crippen LogP contribution in [0, 0.1) is 6.92 Å². The standard InChI is InChI=1S/C10H14N2O.C2H6.CH5N/c1-9-3-2-4-10(11-9)12-5-7-13-8-6-12;2*1-2/h2-4H,5-8H2,1H3;1-2H3;2H2,1H3. The van der Waals surface area contributed by atoms with Crippen molar-refractivity contribution in [2.24, 2.45) is 5.73 Å². The highest BCUT2D eigenvalue weighted by atomic mass is 16.5. The number of aryl methyl sites for hydroxylation is 1. The lowest BCUT2D eigenvalue weighted by molar-refractivity contribution is 0.122. The van der Waals surface area contributed by atoms with Gasteiger partial charge in [-0.15, -0.1) is 0 Å². The molecule has 17 heavy (non-hydrogen) atoms. The Morgan fingerprint density at radius 2 is 1.76 bits per heavy atom. The molecule has 4 heteroatoms. The highest BCUT2D eigenvalue weighted by Gasteiger charge is 2.11. The first-order valence-electron chi connectivity index (χ1n) is 6.20. The fraction of sp³-hybridized carbons (Fsp3) is 0.615. The van der Waals surface area contributed by atoms with Gasteiger partial charge in [-0.3, -0.25) is 0 Å². The second-order valence-electron chi connectivity index (χ2n) is 3.24. The number of hydrogen-bond acceptors (Lipinski definition) is 4. The largest absolute Gasteiger partial charge is 0.378 e. The number of nitrogens with zero attached hydrogens (tertiary/aromatic N) is 2. The molecule has 1 aliphatic rings. The molecular weight excluding hydrogens is 214 g/mol. The highest BCUT2D eigenvalue weighted by molar-refractivity contribution is 5.39. The summed E-state index contributed by atoms with van der Waals surface area (Å²) in [6.45, 7) is 9.56. The minimum Gasteiger partial charge on any atom is -0.378 e. The van der Waals surface area contributed by atoms with E-state index in [-0.39, 0.29) is 0 Å². The van der Waals surface area contributed by atoms with Crippen LogP contribution in [0.1, 0.15) is 19.5 Å². The first-order valence-corrected chi connectivity index (χ1v) is 6.20. The average molecular weight is 239 g/mol. The molecule has 2 N–H and O–H groups in total. The molecule has 0 bridgehead atoms. The maximum atomic E-state index is 5.28. The summed E-state index contributed by atoms with van der Waals surface area (Å²) in [6.07, 6.45) is 0. The van der Waals surface area contributed by atoms with Crippen molar-refractivity contribution in [2.75, 3.05) is 38.3 Å². The Morgan fingerprint density at radius 3 is 2.29 bits per heavy atom. The first-order chi connectivity index (χ1) is 8.36. The maximum Gasteiger partial charge on any atom is 0.128 e. The Morgan fingerprint density at radius 1 is 1.18 bits per heavy atom. The van der Waals surface area contributed by atoms with Gasteiger partial charge in [0.05, 0.1) is 13.2 Å². The van der Waals surface area contributed by atoms with Gasteiger partial charge in [-0.1, -0.05) is 19.9 Å². The van der Waals surface area contributed by atoms with Crippen LogP contribution in [0.25, 0.3) is 0 Å². The van der Waals surface area contributed by atoms with Crippen LogP contribution in [-0.4, -0.2) is 38.3 Å². The summed E-state index contributed by atoms with van der Waals surface area (Å²) < 4.78 is 5.28. The van der Waals surface area contributed by atoms with E-state index in [9.17, 15) is 0 Å². The van der Waals surface area contributed by atoms with E-state index >= 15 is 0 Å². The molecule has 0 amide bonds. The van der Waals surface area contributed by atoms with Crippen LogP contribution in [0.4, 0.5) is 5.82 Å². The number of anilines is 1. The monoisotopic (exact) mass is 239 g/mol. The first kappa shape index (κ1) is 15.9. The lowest BCUT2D eigenvalue weighted by atomic mass is 10.3. The van der Waals surface area contributed by atoms with Crippen molar-refractivity contribution in [2.45, 2.75) is 20.8 Å². The van der Waals surface area contributed by atoms with Gasteiger partial charge in [0.2, 0.25) is 0 Å². The average Bonchev–Trinajstić information content (AvgIpc) is 2.44. The van der Waals surface area contributed by atoms with Crippen molar-refractivity contribution in [3.8, 4) is 0 Å². The van der Waals surface area contributed by atoms with Gasteiger partial charge in [0.15, 0.2) is 0 Å². The smallest absolute Gasteiger partial charge is 0.128 e. The van der Waals surface area contributed by atoms with Gasteiger partial charge in [0.25, 0.3) is 0 Å². The van der Waals surface area contributed by atoms with Crippen molar-refractivity contribution < 1.29 is 4.74 Å². The normalized spacial score (nSPS) is 14.1. The number of hydrogen-bond donors (Lipinski definition) is 1. The molecule has 1 saturated heterocycles. The molecule has 1 aliphatic heterocycles. The summed E-state index contributed by atoms with van der Waals surface area (Å²) in [6, 6.07) is 6.12. The van der Waals surface area contributed by atoms with Crippen LogP contribution in [0.15, 0.2) is 18.2 Å². The topological polar surface area (TPSA) is 51.4 Å². The van der Waals surface area contributed by atoms with Crippen molar-refractivity contribution >= 4 is 5.82 Å². The quantitative estimate of drug-likeness (QED) is 0.812. The molecule has 98 valence electrons. The minimum absolute atomic E-state index is 0.815. The molecule has 0 unspecified atom stereocenters. The highest BCUT2D eigenvalue weighted by Crippen LogP contribution is 2.12. The number of aromatic nitrogens is 1. The third-order valence-electron chi connectivity index (χ3n) is 2.21. The van der Waals surface area contributed by atoms with Gasteiger partial charge in [0, 0.05) is 18.8 Å². The number of morpholine rings is 1. The van der Waals surface area contributed by atoms with Gasteiger partial charge in [-0.25, -0.2) is 4.98 Å². The number of rotatable bonds is 1. The Bertz CT molecular complexity index is 286. The second kappa shape index (κ2) is 10.1. The number of pyridine rings is 1. The molecule has 4 nitrogen and oxygen atoms in total. The Labute approximate surface area is 105 Å². The zero-order valence-corrected chi connectivity index (χ0v) is 11.4. The number of ether oxygens (including phenoxy) is 1. The predicted octanol–water partition coefficient (Wildman–Crippen LogP) is 1.83. The number of nitrogens with two attached hydrogens (primary N) is 1. The molecule has 2 rings (SSSR count). The van der Waals surface area contributed by atoms with Crippen molar-refractivity contribution in [3.63, 3.8) is 0 Å². The van der Waals surface area contributed by atoms with Gasteiger partial charge >= 0.3 is 0 Å². The maximum absolute atomic E-state index is 5.28. The fourth-order valence-corrected chi connectivity index (χ4v) is 1.50. The molecule has 1 aromatic heterocycles. The summed E-state index contributed by atoms with van der Waals surface area (Å²) in [4.78, 5) is 6.73. The summed E-state index contributed by atoms with van der Waals surface area (Å²) in [5.41, 5.74) is 5.57. The van der Waals surface area contributed by atoms with E-state index < -0.39 is 0 Å². The van der Waals surface area contributed by atoms with Crippen molar-refractivity contribution in [1.29, 1.82) is 0 Å². The van der Waals surface area contributed by atoms with E-state index in [0.717, 1.165) is 37.8 Å². The van der Waals surface area contributed by atoms with Gasteiger partial charge < -0.3 is 15.4 Å². The lowest BCUT2D eigenvalue weighted by Gasteiger charge is -2.27. The predicted molar refractivity (Wildman–Crippen MR) is 73.5 cm³/mol. The van der Waals surface area contributed by atoms with Crippen LogP contribution in [-0.2, 0) is 4.74 Å². The summed E-state index contributed by atoms with van der Waals surface area (Å²) in [7, 11) is 1.50. The SMILES string of the molecule is CC.CN.Cc1cccc(N2CCOCC2)n1. The Kier molecular flexibility index (Phi) is 9.38. The van der Waals surface area contributed by atoms with Gasteiger partial charge in [-0.2, -0.15) is 0 Å². The van der Waals surface area contributed by atoms with Crippen LogP contribution in [0.5, 0.6) is 0 Å². The van der Waals surface area contributed by atoms with E-state index in [4.69, 9.17) is 4.74 Å². The zero-order chi connectivity index (χ0) is 13.1. The third-order valence-corrected chi connectivity index (χ3v) is 2.21. The molecule has 2 heterocycles. The van der Waals surface area contributed by atoms with E-state index in [2.05, 4.69) is 21.7 Å². The molecule has 0 aliphatic carbocycles. The molecule has 0 saturated carbocycles. The van der Waals surface area contributed by atoms with Crippen molar-refractivity contribution in [1.82, 2.24) is 4.98 Å². The van der Waals surface area contributed by atoms with Gasteiger partial charge in [-0.05, 0) is 26.1 Å². The van der Waals surface area contributed by atoms with Crippen LogP contribution >= 0.6 is 0 Å². The molecule has 0 atom stereocenters. The molecule has 0 radical (unpaired) electrons. The fourth-order valence-electron chi connectivity index (χ4n) is 1.50. The summed E-state index contributed by atoms with van der Waals surface area (Å²) in [5.74, 6) is 1.07. The molecule has 1 aromatic rings. The van der Waals surface area contributed by atoms with E-state index in [1.54, 1.807) is 0 Å². The lowest BCUT2D eigenvalue weighted by Crippen LogP contribution is -2.36. The molecule has 0 spiro atoms. The summed E-state index contributed by atoms with van der Waals surface area (Å²) >= 11 is 0. The molecule has 1 fully saturated rings.